The SMILES string of the molecule is N#CCC(=O)N=C1S[C@@H]2CS(=O)(=O)C[C@H]2N1c1cccc(Cl)c1Cl. The predicted octanol–water partition coefficient (Wildman–Crippen LogP) is 2.51. The minimum Gasteiger partial charge on any atom is -0.314 e. The molecule has 1 aromatic carbocycles. The largest absolute Gasteiger partial charge is 0.314 e. The molecule has 10 heteroatoms. The number of carbonyl (C=O) groups excluding carboxylic acids is 1. The van der Waals surface area contributed by atoms with Gasteiger partial charge in [0.25, 0.3) is 5.91 Å². The molecular formula is C14H11Cl2N3O3S2. The van der Waals surface area contributed by atoms with Crippen LogP contribution in [0.15, 0.2) is 23.2 Å². The summed E-state index contributed by atoms with van der Waals surface area (Å²) in [5, 5.41) is 9.33. The van der Waals surface area contributed by atoms with Crippen molar-refractivity contribution in [3.63, 3.8) is 0 Å². The molecule has 126 valence electrons. The van der Waals surface area contributed by atoms with E-state index in [0.717, 1.165) is 0 Å². The molecular weight excluding hydrogens is 393 g/mol. The standard InChI is InChI=1S/C14H11Cl2N3O3S2/c15-8-2-1-3-9(13(8)16)19-10-6-24(21,22)7-11(10)23-14(19)18-12(20)4-5-17/h1-3,10-11H,4,6-7H2/t10-,11-/m1/s1. The van der Waals surface area contributed by atoms with Crippen LogP contribution in [0.5, 0.6) is 0 Å². The van der Waals surface area contributed by atoms with Crippen molar-refractivity contribution >= 4 is 61.6 Å². The molecule has 0 bridgehead atoms. The predicted molar refractivity (Wildman–Crippen MR) is 95.4 cm³/mol. The lowest BCUT2D eigenvalue weighted by atomic mass is 10.2. The number of aliphatic imine (C=N–C) groups is 1. The van der Waals surface area contributed by atoms with Gasteiger partial charge in [0.1, 0.15) is 6.42 Å². The summed E-state index contributed by atoms with van der Waals surface area (Å²) in [6.45, 7) is 0. The number of halogens is 2. The van der Waals surface area contributed by atoms with Gasteiger partial charge < -0.3 is 4.90 Å². The molecule has 0 radical (unpaired) electrons. The number of thioether (sulfide) groups is 1. The Hall–Kier alpha value is -1.27. The zero-order chi connectivity index (χ0) is 17.5. The van der Waals surface area contributed by atoms with Crippen LogP contribution in [0, 0.1) is 11.3 Å². The van der Waals surface area contributed by atoms with E-state index in [-0.39, 0.29) is 34.2 Å². The third-order valence-corrected chi connectivity index (χ3v) is 7.73. The number of anilines is 1. The lowest BCUT2D eigenvalue weighted by molar-refractivity contribution is -0.116. The van der Waals surface area contributed by atoms with Crippen molar-refractivity contribution in [3.05, 3.63) is 28.2 Å². The van der Waals surface area contributed by atoms with E-state index in [1.807, 2.05) is 0 Å². The zero-order valence-corrected chi connectivity index (χ0v) is 15.3. The first-order valence-electron chi connectivity index (χ1n) is 6.91. The topological polar surface area (TPSA) is 90.6 Å². The minimum atomic E-state index is -3.16. The number of nitrogens with zero attached hydrogens (tertiary/aromatic N) is 3. The molecule has 2 atom stereocenters. The molecule has 0 unspecified atom stereocenters. The van der Waals surface area contributed by atoms with Gasteiger partial charge in [0.2, 0.25) is 0 Å². The summed E-state index contributed by atoms with van der Waals surface area (Å²) < 4.78 is 23.9. The minimum absolute atomic E-state index is 0.0163. The average molecular weight is 404 g/mol. The van der Waals surface area contributed by atoms with E-state index in [2.05, 4.69) is 4.99 Å². The Morgan fingerprint density at radius 1 is 1.42 bits per heavy atom. The molecule has 2 fully saturated rings. The van der Waals surface area contributed by atoms with Crippen LogP contribution in [-0.4, -0.2) is 42.3 Å². The molecule has 24 heavy (non-hydrogen) atoms. The molecule has 0 aliphatic carbocycles. The molecule has 3 rings (SSSR count). The fourth-order valence-corrected chi connectivity index (χ4v) is 7.05. The van der Waals surface area contributed by atoms with E-state index in [1.54, 1.807) is 29.2 Å². The Morgan fingerprint density at radius 3 is 2.88 bits per heavy atom. The molecule has 6 nitrogen and oxygen atoms in total. The zero-order valence-electron chi connectivity index (χ0n) is 12.1. The van der Waals surface area contributed by atoms with Crippen LogP contribution in [0.25, 0.3) is 0 Å². The van der Waals surface area contributed by atoms with Crippen LogP contribution in [0.4, 0.5) is 5.69 Å². The van der Waals surface area contributed by atoms with E-state index in [1.165, 1.54) is 11.8 Å². The van der Waals surface area contributed by atoms with Crippen LogP contribution < -0.4 is 4.90 Å². The Bertz CT molecular complexity index is 880. The van der Waals surface area contributed by atoms with E-state index < -0.39 is 15.7 Å². The Labute approximate surface area is 153 Å². The highest BCUT2D eigenvalue weighted by atomic mass is 35.5. The quantitative estimate of drug-likeness (QED) is 0.753. The normalized spacial score (nSPS) is 26.4. The van der Waals surface area contributed by atoms with Gasteiger partial charge in [-0.15, -0.1) is 0 Å². The highest BCUT2D eigenvalue weighted by molar-refractivity contribution is 8.16. The van der Waals surface area contributed by atoms with Gasteiger partial charge in [0.15, 0.2) is 15.0 Å². The Balaban J connectivity index is 2.07. The second-order valence-corrected chi connectivity index (χ2v) is 9.51. The average Bonchev–Trinajstić information content (AvgIpc) is 2.94. The maximum atomic E-state index is 12.0. The Kier molecular flexibility index (Phi) is 4.80. The number of hydrogen-bond acceptors (Lipinski definition) is 5. The van der Waals surface area contributed by atoms with Crippen molar-refractivity contribution in [2.75, 3.05) is 16.4 Å². The third-order valence-electron chi connectivity index (χ3n) is 3.71. The molecule has 2 heterocycles. The smallest absolute Gasteiger partial charge is 0.262 e. The van der Waals surface area contributed by atoms with E-state index in [0.29, 0.717) is 15.9 Å². The highest BCUT2D eigenvalue weighted by Crippen LogP contribution is 2.44. The number of carbonyl (C=O) groups is 1. The fourth-order valence-electron chi connectivity index (χ4n) is 2.74. The summed E-state index contributed by atoms with van der Waals surface area (Å²) in [4.78, 5) is 17.4. The molecule has 0 spiro atoms. The maximum absolute atomic E-state index is 12.0. The van der Waals surface area contributed by atoms with Crippen molar-refractivity contribution in [2.24, 2.45) is 4.99 Å². The van der Waals surface area contributed by atoms with Crippen molar-refractivity contribution in [1.82, 2.24) is 0 Å². The second-order valence-electron chi connectivity index (χ2n) is 5.37. The molecule has 1 aromatic rings. The van der Waals surface area contributed by atoms with Crippen molar-refractivity contribution in [2.45, 2.75) is 17.7 Å². The first-order valence-corrected chi connectivity index (χ1v) is 10.4. The van der Waals surface area contributed by atoms with Gasteiger partial charge in [-0.25, -0.2) is 8.42 Å². The first-order chi connectivity index (χ1) is 11.3. The molecule has 2 saturated heterocycles. The number of benzene rings is 1. The molecule has 2 aliphatic heterocycles. The summed E-state index contributed by atoms with van der Waals surface area (Å²) in [5.41, 5.74) is 0.504. The molecule has 1 amide bonds. The second kappa shape index (κ2) is 6.56. The lowest BCUT2D eigenvalue weighted by Gasteiger charge is -2.25. The van der Waals surface area contributed by atoms with Gasteiger partial charge in [-0.05, 0) is 12.1 Å². The summed E-state index contributed by atoms with van der Waals surface area (Å²) in [7, 11) is -3.16. The molecule has 2 aliphatic rings. The number of amidine groups is 1. The van der Waals surface area contributed by atoms with Crippen molar-refractivity contribution in [3.8, 4) is 6.07 Å². The number of sulfone groups is 1. The van der Waals surface area contributed by atoms with Gasteiger partial charge in [0.05, 0.1) is 39.3 Å². The van der Waals surface area contributed by atoms with E-state index in [9.17, 15) is 13.2 Å². The van der Waals surface area contributed by atoms with Gasteiger partial charge in [-0.2, -0.15) is 10.3 Å². The number of nitriles is 1. The van der Waals surface area contributed by atoms with Gasteiger partial charge >= 0.3 is 0 Å². The molecule has 0 saturated carbocycles. The van der Waals surface area contributed by atoms with Crippen molar-refractivity contribution in [1.29, 1.82) is 5.26 Å². The summed E-state index contributed by atoms with van der Waals surface area (Å²) in [6, 6.07) is 6.40. The summed E-state index contributed by atoms with van der Waals surface area (Å²) in [6.07, 6.45) is -0.338. The summed E-state index contributed by atoms with van der Waals surface area (Å²) in [5.74, 6) is -0.604. The first kappa shape index (κ1) is 17.5. The third kappa shape index (κ3) is 3.26. The van der Waals surface area contributed by atoms with Gasteiger partial charge in [0, 0.05) is 5.25 Å². The molecule has 0 aromatic heterocycles. The number of hydrogen-bond donors (Lipinski definition) is 0. The number of fused-ring (bicyclic) bond motifs is 1. The maximum Gasteiger partial charge on any atom is 0.262 e. The van der Waals surface area contributed by atoms with Crippen LogP contribution in [-0.2, 0) is 14.6 Å². The van der Waals surface area contributed by atoms with Crippen LogP contribution in [0.2, 0.25) is 10.0 Å². The Morgan fingerprint density at radius 2 is 2.17 bits per heavy atom. The monoisotopic (exact) mass is 403 g/mol. The van der Waals surface area contributed by atoms with E-state index >= 15 is 0 Å². The number of rotatable bonds is 2. The van der Waals surface area contributed by atoms with Crippen molar-refractivity contribution < 1.29 is 13.2 Å². The summed E-state index contributed by atoms with van der Waals surface area (Å²) >= 11 is 13.6. The highest BCUT2D eigenvalue weighted by Gasteiger charge is 2.49. The van der Waals surface area contributed by atoms with E-state index in [4.69, 9.17) is 28.5 Å². The van der Waals surface area contributed by atoms with Crippen LogP contribution in [0.3, 0.4) is 0 Å². The van der Waals surface area contributed by atoms with Gasteiger partial charge in [-0.3, -0.25) is 4.79 Å². The lowest BCUT2D eigenvalue weighted by Crippen LogP contribution is -2.38. The fraction of sp³-hybridized carbons (Fsp3) is 0.357. The van der Waals surface area contributed by atoms with Gasteiger partial charge in [-0.1, -0.05) is 41.0 Å². The number of amides is 1. The van der Waals surface area contributed by atoms with Crippen LogP contribution >= 0.6 is 35.0 Å². The van der Waals surface area contributed by atoms with Crippen LogP contribution in [0.1, 0.15) is 6.42 Å². The molecule has 0 N–H and O–H groups in total.